The quantitative estimate of drug-likeness (QED) is 0.264. The molecular formula is C18H13F6O7S-. The van der Waals surface area contributed by atoms with Crippen molar-refractivity contribution in [3.63, 3.8) is 0 Å². The van der Waals surface area contributed by atoms with Crippen LogP contribution in [0.5, 0.6) is 5.75 Å². The van der Waals surface area contributed by atoms with Crippen molar-refractivity contribution in [2.24, 2.45) is 0 Å². The van der Waals surface area contributed by atoms with Gasteiger partial charge in [0.05, 0.1) is 21.4 Å². The molecule has 0 fully saturated rings. The number of fused-ring (bicyclic) bond motifs is 1. The summed E-state index contributed by atoms with van der Waals surface area (Å²) in [4.78, 5) is 23.5. The lowest BCUT2D eigenvalue weighted by Crippen LogP contribution is -2.63. The van der Waals surface area contributed by atoms with Crippen molar-refractivity contribution in [1.82, 2.24) is 0 Å². The van der Waals surface area contributed by atoms with Crippen molar-refractivity contribution in [3.05, 3.63) is 42.0 Å². The number of alkyl halides is 6. The van der Waals surface area contributed by atoms with Crippen molar-refractivity contribution in [2.45, 2.75) is 31.3 Å². The number of hydrogen-bond acceptors (Lipinski definition) is 7. The van der Waals surface area contributed by atoms with Gasteiger partial charge in [-0.1, -0.05) is 19.1 Å². The number of ether oxygens (including phenoxy) is 2. The molecule has 7 nitrogen and oxygen atoms in total. The summed E-state index contributed by atoms with van der Waals surface area (Å²) >= 11 is 0. The molecule has 0 aliphatic carbocycles. The Morgan fingerprint density at radius 2 is 1.47 bits per heavy atom. The van der Waals surface area contributed by atoms with Gasteiger partial charge in [-0.15, -0.1) is 0 Å². The van der Waals surface area contributed by atoms with Crippen molar-refractivity contribution < 1.29 is 58.4 Å². The molecule has 0 saturated heterocycles. The number of hydrogen-bond donors (Lipinski definition) is 0. The van der Waals surface area contributed by atoms with Crippen LogP contribution in [0.3, 0.4) is 0 Å². The molecule has 0 radical (unpaired) electrons. The van der Waals surface area contributed by atoms with Gasteiger partial charge in [0.1, 0.15) is 5.75 Å². The van der Waals surface area contributed by atoms with Gasteiger partial charge in [0.15, 0.2) is 0 Å². The van der Waals surface area contributed by atoms with Gasteiger partial charge in [-0.25, -0.2) is 13.2 Å². The number of carbonyl (C=O) groups excluding carboxylic acids is 2. The second-order valence-electron chi connectivity index (χ2n) is 6.47. The fraction of sp³-hybridized carbons (Fsp3) is 0.333. The van der Waals surface area contributed by atoms with Crippen molar-refractivity contribution in [2.75, 3.05) is 5.75 Å². The molecule has 32 heavy (non-hydrogen) atoms. The summed E-state index contributed by atoms with van der Waals surface area (Å²) in [5.74, 6) is -5.70. The first kappa shape index (κ1) is 25.4. The van der Waals surface area contributed by atoms with E-state index in [0.29, 0.717) is 5.39 Å². The molecule has 2 aromatic rings. The minimum absolute atomic E-state index is 0.0715. The molecule has 0 saturated carbocycles. The topological polar surface area (TPSA) is 110 Å². The van der Waals surface area contributed by atoms with Crippen LogP contribution in [0.4, 0.5) is 26.3 Å². The maximum Gasteiger partial charge on any atom is 0.438 e. The highest BCUT2D eigenvalue weighted by Gasteiger charge is 2.75. The lowest BCUT2D eigenvalue weighted by Gasteiger charge is -2.36. The highest BCUT2D eigenvalue weighted by molar-refractivity contribution is 7.85. The van der Waals surface area contributed by atoms with Crippen LogP contribution in [-0.2, 0) is 19.6 Å². The predicted molar refractivity (Wildman–Crippen MR) is 94.7 cm³/mol. The molecule has 0 N–H and O–H groups in total. The Labute approximate surface area is 176 Å². The van der Waals surface area contributed by atoms with Crippen LogP contribution < -0.4 is 4.74 Å². The number of rotatable bonds is 6. The van der Waals surface area contributed by atoms with Crippen LogP contribution in [0.15, 0.2) is 36.4 Å². The van der Waals surface area contributed by atoms with Gasteiger partial charge in [0.25, 0.3) is 0 Å². The van der Waals surface area contributed by atoms with Gasteiger partial charge in [-0.2, -0.15) is 26.3 Å². The molecule has 2 aromatic carbocycles. The summed E-state index contributed by atoms with van der Waals surface area (Å²) in [7, 11) is -6.14. The zero-order chi connectivity index (χ0) is 24.5. The van der Waals surface area contributed by atoms with Gasteiger partial charge in [0.2, 0.25) is 0 Å². The van der Waals surface area contributed by atoms with Gasteiger partial charge in [-0.05, 0) is 35.0 Å². The van der Waals surface area contributed by atoms with E-state index in [9.17, 15) is 48.9 Å². The Hall–Kier alpha value is -2.87. The normalized spacial score (nSPS) is 13.1. The first-order chi connectivity index (χ1) is 14.5. The number of benzene rings is 2. The van der Waals surface area contributed by atoms with Crippen LogP contribution in [0.25, 0.3) is 10.8 Å². The van der Waals surface area contributed by atoms with Gasteiger partial charge in [-0.3, -0.25) is 4.79 Å². The van der Waals surface area contributed by atoms with Crippen LogP contribution in [-0.4, -0.2) is 48.6 Å². The van der Waals surface area contributed by atoms with Crippen molar-refractivity contribution >= 4 is 32.8 Å². The second kappa shape index (κ2) is 8.58. The first-order valence-corrected chi connectivity index (χ1v) is 10.1. The molecule has 0 atom stereocenters. The monoisotopic (exact) mass is 487 g/mol. The second-order valence-corrected chi connectivity index (χ2v) is 7.87. The molecule has 0 bridgehead atoms. The Bertz CT molecular complexity index is 1120. The summed E-state index contributed by atoms with van der Waals surface area (Å²) in [6.45, 7) is 1.54. The van der Waals surface area contributed by atoms with Crippen LogP contribution in [0.2, 0.25) is 0 Å². The zero-order valence-electron chi connectivity index (χ0n) is 15.9. The van der Waals surface area contributed by atoms with Crippen LogP contribution >= 0.6 is 0 Å². The Balaban J connectivity index is 2.46. The Morgan fingerprint density at radius 3 is 1.97 bits per heavy atom. The molecule has 0 aromatic heterocycles. The van der Waals surface area contributed by atoms with Crippen molar-refractivity contribution in [3.8, 4) is 5.75 Å². The molecule has 0 amide bonds. The lowest BCUT2D eigenvalue weighted by atomic mass is 10.0. The van der Waals surface area contributed by atoms with E-state index in [1.807, 2.05) is 0 Å². The summed E-state index contributed by atoms with van der Waals surface area (Å²) in [5.41, 5.74) is -6.35. The predicted octanol–water partition coefficient (Wildman–Crippen LogP) is 3.72. The fourth-order valence-corrected chi connectivity index (χ4v) is 3.44. The molecule has 0 heterocycles. The maximum absolute atomic E-state index is 13.3. The molecule has 14 heteroatoms. The summed E-state index contributed by atoms with van der Waals surface area (Å²) in [6, 6.07) is 6.70. The summed E-state index contributed by atoms with van der Waals surface area (Å²) in [5, 5.41) is 0.458. The highest BCUT2D eigenvalue weighted by atomic mass is 32.2. The average Bonchev–Trinajstić information content (AvgIpc) is 2.63. The zero-order valence-corrected chi connectivity index (χ0v) is 16.7. The summed E-state index contributed by atoms with van der Waals surface area (Å²) < 4.78 is 121. The van der Waals surface area contributed by atoms with E-state index in [4.69, 9.17) is 4.74 Å². The van der Waals surface area contributed by atoms with E-state index >= 15 is 0 Å². The average molecular weight is 487 g/mol. The van der Waals surface area contributed by atoms with Gasteiger partial charge >= 0.3 is 29.9 Å². The van der Waals surface area contributed by atoms with Gasteiger partial charge < -0.3 is 14.0 Å². The van der Waals surface area contributed by atoms with Crippen LogP contribution in [0.1, 0.15) is 23.7 Å². The van der Waals surface area contributed by atoms with Gasteiger partial charge in [0, 0.05) is 6.42 Å². The van der Waals surface area contributed by atoms with E-state index < -0.39 is 51.3 Å². The van der Waals surface area contributed by atoms with E-state index in [2.05, 4.69) is 4.74 Å². The minimum atomic E-state index is -6.46. The third kappa shape index (κ3) is 5.48. The van der Waals surface area contributed by atoms with E-state index in [-0.39, 0.29) is 17.6 Å². The molecule has 0 aliphatic rings. The fourth-order valence-electron chi connectivity index (χ4n) is 2.55. The number of carbonyl (C=O) groups is 2. The summed E-state index contributed by atoms with van der Waals surface area (Å²) in [6.07, 6.45) is -12.9. The van der Waals surface area contributed by atoms with E-state index in [0.717, 1.165) is 18.2 Å². The smallest absolute Gasteiger partial charge is 0.438 e. The van der Waals surface area contributed by atoms with Crippen LogP contribution in [0, 0.1) is 0 Å². The maximum atomic E-state index is 13.3. The Morgan fingerprint density at radius 1 is 0.938 bits per heavy atom. The first-order valence-electron chi connectivity index (χ1n) is 8.54. The molecule has 0 unspecified atom stereocenters. The molecule has 176 valence electrons. The third-order valence-corrected chi connectivity index (χ3v) is 4.89. The van der Waals surface area contributed by atoms with E-state index in [1.165, 1.54) is 18.2 Å². The van der Waals surface area contributed by atoms with E-state index in [1.54, 1.807) is 6.92 Å². The number of halogens is 6. The molecule has 2 rings (SSSR count). The lowest BCUT2D eigenvalue weighted by molar-refractivity contribution is -0.356. The minimum Gasteiger partial charge on any atom is -0.748 e. The largest absolute Gasteiger partial charge is 0.748 e. The number of esters is 2. The molecular weight excluding hydrogens is 474 g/mol. The third-order valence-electron chi connectivity index (χ3n) is 4.13. The molecule has 0 aliphatic heterocycles. The standard InChI is InChI=1S/C18H14F6O7S/c1-2-14(25)30-13-6-5-10-7-12(4-3-11(10)8-13)15(26)31-16(17(19,20)21,18(22,23)24)9-32(27,28)29/h3-8H,2,9H2,1H3,(H,27,28,29)/p-1. The molecule has 0 spiro atoms. The van der Waals surface area contributed by atoms with Crippen molar-refractivity contribution in [1.29, 1.82) is 0 Å². The SMILES string of the molecule is CCC(=O)Oc1ccc2cc(C(=O)OC(CS(=O)(=O)[O-])(C(F)(F)F)C(F)(F)F)ccc2c1. The Kier molecular flexibility index (Phi) is 6.81. The highest BCUT2D eigenvalue weighted by Crippen LogP contribution is 2.47.